The van der Waals surface area contributed by atoms with Crippen molar-refractivity contribution in [3.05, 3.63) is 40.0 Å². The molecule has 0 spiro atoms. The largest absolute Gasteiger partial charge is 0.433 e. The van der Waals surface area contributed by atoms with Gasteiger partial charge in [0.25, 0.3) is 0 Å². The van der Waals surface area contributed by atoms with Gasteiger partial charge in [-0.15, -0.1) is 0 Å². The summed E-state index contributed by atoms with van der Waals surface area (Å²) in [4.78, 5) is 0. The van der Waals surface area contributed by atoms with Crippen LogP contribution in [0.1, 0.15) is 0 Å². The van der Waals surface area contributed by atoms with E-state index in [0.717, 1.165) is 5.39 Å². The zero-order valence-corrected chi connectivity index (χ0v) is 9.74. The number of alkyl halides is 2. The first-order chi connectivity index (χ1) is 7.18. The molecule has 4 heteroatoms. The number of hydrogen-bond acceptors (Lipinski definition) is 1. The topological polar surface area (TPSA) is 9.23 Å². The zero-order valence-electron chi connectivity index (χ0n) is 7.58. The van der Waals surface area contributed by atoms with E-state index < -0.39 is 6.61 Å². The summed E-state index contributed by atoms with van der Waals surface area (Å²) in [6.07, 6.45) is 0. The fourth-order valence-corrected chi connectivity index (χ4v) is 2.02. The molecule has 0 aliphatic rings. The molecule has 0 amide bonds. The molecule has 0 aromatic heterocycles. The van der Waals surface area contributed by atoms with Gasteiger partial charge in [0, 0.05) is 5.39 Å². The van der Waals surface area contributed by atoms with Crippen molar-refractivity contribution in [2.24, 2.45) is 0 Å². The van der Waals surface area contributed by atoms with E-state index in [-0.39, 0.29) is 5.75 Å². The van der Waals surface area contributed by atoms with Crippen LogP contribution in [0.25, 0.3) is 10.8 Å². The Balaban J connectivity index is 2.63. The molecule has 15 heavy (non-hydrogen) atoms. The van der Waals surface area contributed by atoms with E-state index in [1.807, 2.05) is 40.8 Å². The molecule has 2 aromatic rings. The van der Waals surface area contributed by atoms with Gasteiger partial charge in [-0.1, -0.05) is 30.3 Å². The summed E-state index contributed by atoms with van der Waals surface area (Å²) in [5.74, 6) is 0.253. The third-order valence-electron chi connectivity index (χ3n) is 2.04. The lowest BCUT2D eigenvalue weighted by atomic mass is 10.1. The molecule has 0 aliphatic carbocycles. The minimum Gasteiger partial charge on any atom is -0.433 e. The van der Waals surface area contributed by atoms with Crippen LogP contribution >= 0.6 is 22.6 Å². The Kier molecular flexibility index (Phi) is 3.04. The lowest BCUT2D eigenvalue weighted by molar-refractivity contribution is -0.0493. The monoisotopic (exact) mass is 320 g/mol. The SMILES string of the molecule is FC(F)Oc1c(I)ccc2ccccc12. The number of benzene rings is 2. The molecular weight excluding hydrogens is 313 g/mol. The van der Waals surface area contributed by atoms with Gasteiger partial charge < -0.3 is 4.74 Å². The Morgan fingerprint density at radius 1 is 1.07 bits per heavy atom. The van der Waals surface area contributed by atoms with Gasteiger partial charge in [0.1, 0.15) is 5.75 Å². The molecule has 0 N–H and O–H groups in total. The van der Waals surface area contributed by atoms with Crippen LogP contribution in [0.5, 0.6) is 5.75 Å². The number of fused-ring (bicyclic) bond motifs is 1. The Morgan fingerprint density at radius 2 is 1.80 bits per heavy atom. The van der Waals surface area contributed by atoms with E-state index in [9.17, 15) is 8.78 Å². The standard InChI is InChI=1S/C11H7F2IO/c12-11(13)15-10-8-4-2-1-3-7(8)5-6-9(10)14/h1-6,11H. The first-order valence-corrected chi connectivity index (χ1v) is 5.38. The van der Waals surface area contributed by atoms with Gasteiger partial charge in [0.2, 0.25) is 0 Å². The molecule has 1 nitrogen and oxygen atoms in total. The predicted molar refractivity (Wildman–Crippen MR) is 63.3 cm³/mol. The van der Waals surface area contributed by atoms with Crippen molar-refractivity contribution in [3.8, 4) is 5.75 Å². The first kappa shape index (κ1) is 10.6. The zero-order chi connectivity index (χ0) is 10.8. The van der Waals surface area contributed by atoms with Crippen molar-refractivity contribution < 1.29 is 13.5 Å². The van der Waals surface area contributed by atoms with E-state index >= 15 is 0 Å². The van der Waals surface area contributed by atoms with Gasteiger partial charge in [-0.3, -0.25) is 0 Å². The minimum atomic E-state index is -2.79. The molecule has 2 rings (SSSR count). The van der Waals surface area contributed by atoms with Crippen molar-refractivity contribution >= 4 is 33.4 Å². The Bertz CT molecular complexity index is 485. The summed E-state index contributed by atoms with van der Waals surface area (Å²) in [7, 11) is 0. The molecule has 0 aliphatic heterocycles. The van der Waals surface area contributed by atoms with E-state index in [0.29, 0.717) is 8.96 Å². The van der Waals surface area contributed by atoms with E-state index in [1.54, 1.807) is 18.2 Å². The number of ether oxygens (including phenoxy) is 1. The molecule has 0 saturated carbocycles. The maximum Gasteiger partial charge on any atom is 0.387 e. The average Bonchev–Trinajstić information content (AvgIpc) is 2.22. The van der Waals surface area contributed by atoms with Crippen LogP contribution in [-0.4, -0.2) is 6.61 Å². The molecular formula is C11H7F2IO. The van der Waals surface area contributed by atoms with E-state index in [1.165, 1.54) is 0 Å². The number of halogens is 3. The summed E-state index contributed by atoms with van der Waals surface area (Å²) in [6, 6.07) is 11.0. The minimum absolute atomic E-state index is 0.253. The second-order valence-corrected chi connectivity index (χ2v) is 4.14. The van der Waals surface area contributed by atoms with Gasteiger partial charge in [0.15, 0.2) is 0 Å². The molecule has 0 bridgehead atoms. The maximum atomic E-state index is 12.2. The lowest BCUT2D eigenvalue weighted by Gasteiger charge is -2.09. The van der Waals surface area contributed by atoms with E-state index in [2.05, 4.69) is 4.74 Å². The summed E-state index contributed by atoms with van der Waals surface area (Å²) in [6.45, 7) is -2.79. The maximum absolute atomic E-state index is 12.2. The Labute approximate surface area is 99.2 Å². The molecule has 2 aromatic carbocycles. The van der Waals surface area contributed by atoms with Crippen LogP contribution in [0.2, 0.25) is 0 Å². The molecule has 0 unspecified atom stereocenters. The third kappa shape index (κ3) is 2.19. The smallest absolute Gasteiger partial charge is 0.387 e. The Hall–Kier alpha value is -0.910. The van der Waals surface area contributed by atoms with Crippen molar-refractivity contribution in [3.63, 3.8) is 0 Å². The van der Waals surface area contributed by atoms with E-state index in [4.69, 9.17) is 0 Å². The number of hydrogen-bond donors (Lipinski definition) is 0. The normalized spacial score (nSPS) is 10.9. The lowest BCUT2D eigenvalue weighted by Crippen LogP contribution is -2.03. The van der Waals surface area contributed by atoms with Crippen molar-refractivity contribution in [1.29, 1.82) is 0 Å². The summed E-state index contributed by atoms with van der Waals surface area (Å²) < 4.78 is 29.6. The van der Waals surface area contributed by atoms with Crippen molar-refractivity contribution in [2.45, 2.75) is 6.61 Å². The van der Waals surface area contributed by atoms with Crippen LogP contribution in [0.4, 0.5) is 8.78 Å². The van der Waals surface area contributed by atoms with Crippen molar-refractivity contribution in [2.75, 3.05) is 0 Å². The average molecular weight is 320 g/mol. The van der Waals surface area contributed by atoms with Crippen LogP contribution in [0.15, 0.2) is 36.4 Å². The first-order valence-electron chi connectivity index (χ1n) is 4.30. The summed E-state index contributed by atoms with van der Waals surface area (Å²) in [5.41, 5.74) is 0. The highest BCUT2D eigenvalue weighted by molar-refractivity contribution is 14.1. The molecule has 0 radical (unpaired) electrons. The highest BCUT2D eigenvalue weighted by Gasteiger charge is 2.11. The van der Waals surface area contributed by atoms with Gasteiger partial charge in [-0.05, 0) is 34.0 Å². The van der Waals surface area contributed by atoms with Crippen LogP contribution in [0, 0.1) is 3.57 Å². The van der Waals surface area contributed by atoms with Gasteiger partial charge in [0.05, 0.1) is 3.57 Å². The van der Waals surface area contributed by atoms with Gasteiger partial charge >= 0.3 is 6.61 Å². The second-order valence-electron chi connectivity index (χ2n) is 2.98. The Morgan fingerprint density at radius 3 is 2.53 bits per heavy atom. The summed E-state index contributed by atoms with van der Waals surface area (Å²) in [5, 5.41) is 1.61. The third-order valence-corrected chi connectivity index (χ3v) is 2.89. The second kappa shape index (κ2) is 4.30. The van der Waals surface area contributed by atoms with Crippen LogP contribution < -0.4 is 4.74 Å². The van der Waals surface area contributed by atoms with Gasteiger partial charge in [-0.25, -0.2) is 0 Å². The van der Waals surface area contributed by atoms with Crippen molar-refractivity contribution in [1.82, 2.24) is 0 Å². The molecule has 78 valence electrons. The highest BCUT2D eigenvalue weighted by Crippen LogP contribution is 2.31. The molecule has 0 fully saturated rings. The molecule has 0 heterocycles. The predicted octanol–water partition coefficient (Wildman–Crippen LogP) is 4.05. The molecule has 0 atom stereocenters. The quantitative estimate of drug-likeness (QED) is 0.759. The summed E-state index contributed by atoms with van der Waals surface area (Å²) >= 11 is 1.98. The van der Waals surface area contributed by atoms with Gasteiger partial charge in [-0.2, -0.15) is 8.78 Å². The fraction of sp³-hybridized carbons (Fsp3) is 0.0909. The highest BCUT2D eigenvalue weighted by atomic mass is 127. The van der Waals surface area contributed by atoms with Crippen LogP contribution in [0.3, 0.4) is 0 Å². The molecule has 0 saturated heterocycles. The van der Waals surface area contributed by atoms with Crippen LogP contribution in [-0.2, 0) is 0 Å². The number of rotatable bonds is 2. The fourth-order valence-electron chi connectivity index (χ4n) is 1.43.